The summed E-state index contributed by atoms with van der Waals surface area (Å²) >= 11 is 0. The monoisotopic (exact) mass is 808 g/mol. The fourth-order valence-corrected chi connectivity index (χ4v) is 15.6. The van der Waals surface area contributed by atoms with E-state index in [0.717, 1.165) is 94.3 Å². The highest BCUT2D eigenvalue weighted by Crippen LogP contribution is 2.78. The van der Waals surface area contributed by atoms with E-state index in [1.54, 1.807) is 13.8 Å². The van der Waals surface area contributed by atoms with Gasteiger partial charge in [-0.2, -0.15) is 0 Å². The number of carboxylic acid groups (broad SMARTS) is 1. The maximum Gasteiger partial charge on any atom is 0.309 e. The molecule has 6 fully saturated rings. The first-order valence-corrected chi connectivity index (χ1v) is 23.3. The van der Waals surface area contributed by atoms with Gasteiger partial charge in [0.25, 0.3) is 0 Å². The molecule has 1 saturated heterocycles. The van der Waals surface area contributed by atoms with Crippen LogP contribution in [0.4, 0.5) is 0 Å². The molecule has 8 heteroatoms. The van der Waals surface area contributed by atoms with Crippen molar-refractivity contribution in [3.05, 3.63) is 54.5 Å². The van der Waals surface area contributed by atoms with Gasteiger partial charge in [0.1, 0.15) is 11.9 Å². The molecule has 8 nitrogen and oxygen atoms in total. The molecule has 1 amide bonds. The summed E-state index contributed by atoms with van der Waals surface area (Å²) in [6.45, 7) is 23.4. The molecule has 2 heterocycles. The molecule has 322 valence electrons. The number of imidazole rings is 1. The molecule has 1 aromatic heterocycles. The quantitative estimate of drug-likeness (QED) is 0.183. The van der Waals surface area contributed by atoms with Gasteiger partial charge in [-0.15, -0.1) is 6.58 Å². The summed E-state index contributed by atoms with van der Waals surface area (Å²) in [5.74, 6) is 2.48. The topological polar surface area (TPSA) is 113 Å². The summed E-state index contributed by atoms with van der Waals surface area (Å²) in [5, 5.41) is 9.60. The standard InChI is InChI=1S/C51H73N3O5/c1-32(2)30-34-19-26-51(44(56)54-29-13-16-37(54)43-52-31-36(53-43)33-14-11-10-12-15-33)28-27-49(8)35(42(34)51)17-18-39-48(7)24-21-40(47(5,6)38(48)20-25-50(39,49)9)59-41(55)22-23-46(3,4)45(57)58/h10-12,14-15,31,34-35,37-40,42H,1,13,16-30H2,2-9H3,(H,52,53)(H,57,58). The first-order chi connectivity index (χ1) is 27.8. The van der Waals surface area contributed by atoms with Gasteiger partial charge < -0.3 is 19.7 Å². The number of carbonyl (C=O) groups is 3. The number of hydrogen-bond donors (Lipinski definition) is 2. The van der Waals surface area contributed by atoms with Crippen LogP contribution < -0.4 is 0 Å². The molecule has 59 heavy (non-hydrogen) atoms. The second-order valence-electron chi connectivity index (χ2n) is 22.5. The number of carbonyl (C=O) groups excluding carboxylic acids is 2. The molecule has 5 aliphatic carbocycles. The van der Waals surface area contributed by atoms with Crippen molar-refractivity contribution in [3.63, 3.8) is 0 Å². The number of likely N-dealkylation sites (tertiary alicyclic amines) is 1. The molecule has 0 radical (unpaired) electrons. The van der Waals surface area contributed by atoms with E-state index in [4.69, 9.17) is 9.72 Å². The van der Waals surface area contributed by atoms with Crippen LogP contribution in [0.5, 0.6) is 0 Å². The van der Waals surface area contributed by atoms with Crippen LogP contribution >= 0.6 is 0 Å². The minimum atomic E-state index is -0.957. The average Bonchev–Trinajstić information content (AvgIpc) is 3.95. The molecule has 8 rings (SSSR count). The van der Waals surface area contributed by atoms with Gasteiger partial charge in [0.05, 0.1) is 28.8 Å². The Labute approximate surface area is 354 Å². The molecule has 2 aromatic rings. The average molecular weight is 808 g/mol. The van der Waals surface area contributed by atoms with Gasteiger partial charge in [-0.05, 0) is 162 Å². The van der Waals surface area contributed by atoms with E-state index in [-0.39, 0.29) is 58.0 Å². The number of hydrogen-bond acceptors (Lipinski definition) is 5. The molecule has 11 unspecified atom stereocenters. The van der Waals surface area contributed by atoms with E-state index in [1.165, 1.54) is 18.4 Å². The van der Waals surface area contributed by atoms with Gasteiger partial charge in [-0.25, -0.2) is 4.98 Å². The molecule has 0 bridgehead atoms. The summed E-state index contributed by atoms with van der Waals surface area (Å²) in [4.78, 5) is 51.3. The summed E-state index contributed by atoms with van der Waals surface area (Å²) in [6.07, 6.45) is 15.8. The molecule has 6 aliphatic rings. The molecule has 1 aromatic carbocycles. The number of aromatic amines is 1. The van der Waals surface area contributed by atoms with Gasteiger partial charge in [0.2, 0.25) is 5.91 Å². The van der Waals surface area contributed by atoms with Crippen LogP contribution in [0, 0.1) is 62.1 Å². The van der Waals surface area contributed by atoms with Crippen molar-refractivity contribution in [2.45, 2.75) is 164 Å². The van der Waals surface area contributed by atoms with Crippen LogP contribution in [-0.2, 0) is 19.1 Å². The molecule has 0 spiro atoms. The first-order valence-electron chi connectivity index (χ1n) is 23.3. The number of carboxylic acids is 1. The predicted octanol–water partition coefficient (Wildman–Crippen LogP) is 11.6. The molecular formula is C51H73N3O5. The van der Waals surface area contributed by atoms with Crippen molar-refractivity contribution in [2.24, 2.45) is 62.1 Å². The lowest BCUT2D eigenvalue weighted by atomic mass is 9.32. The van der Waals surface area contributed by atoms with Crippen LogP contribution in [0.15, 0.2) is 48.7 Å². The molecule has 2 N–H and O–H groups in total. The van der Waals surface area contributed by atoms with Crippen molar-refractivity contribution in [1.29, 1.82) is 0 Å². The van der Waals surface area contributed by atoms with E-state index in [1.807, 2.05) is 12.3 Å². The molecule has 5 saturated carbocycles. The van der Waals surface area contributed by atoms with Gasteiger partial charge in [0, 0.05) is 18.4 Å². The predicted molar refractivity (Wildman–Crippen MR) is 232 cm³/mol. The number of ether oxygens (including phenoxy) is 1. The fourth-order valence-electron chi connectivity index (χ4n) is 15.6. The smallest absolute Gasteiger partial charge is 0.309 e. The Morgan fingerprint density at radius 3 is 2.37 bits per heavy atom. The number of H-pyrrole nitrogens is 1. The third kappa shape index (κ3) is 6.65. The summed E-state index contributed by atoms with van der Waals surface area (Å²) in [5.41, 5.74) is 2.28. The molecular weight excluding hydrogens is 735 g/mol. The first kappa shape index (κ1) is 42.3. The number of rotatable bonds is 10. The highest BCUT2D eigenvalue weighted by atomic mass is 16.5. The third-order valence-corrected chi connectivity index (χ3v) is 18.9. The number of amides is 1. The van der Waals surface area contributed by atoms with E-state index in [0.29, 0.717) is 35.5 Å². The van der Waals surface area contributed by atoms with E-state index in [2.05, 4.69) is 82.3 Å². The minimum Gasteiger partial charge on any atom is -0.481 e. The van der Waals surface area contributed by atoms with Crippen LogP contribution in [0.25, 0.3) is 11.3 Å². The Morgan fingerprint density at radius 2 is 1.66 bits per heavy atom. The zero-order valence-electron chi connectivity index (χ0n) is 37.5. The maximum absolute atomic E-state index is 15.6. The Balaban J connectivity index is 1.05. The Hall–Kier alpha value is -3.42. The van der Waals surface area contributed by atoms with Crippen molar-refractivity contribution in [3.8, 4) is 11.3 Å². The number of benzene rings is 1. The third-order valence-electron chi connectivity index (χ3n) is 18.9. The second kappa shape index (κ2) is 14.9. The van der Waals surface area contributed by atoms with Gasteiger partial charge >= 0.3 is 11.9 Å². The van der Waals surface area contributed by atoms with E-state index in [9.17, 15) is 14.7 Å². The number of aromatic nitrogens is 2. The van der Waals surface area contributed by atoms with Crippen molar-refractivity contribution in [1.82, 2.24) is 14.9 Å². The lowest BCUT2D eigenvalue weighted by Gasteiger charge is -2.73. The summed E-state index contributed by atoms with van der Waals surface area (Å²) in [6, 6.07) is 10.4. The van der Waals surface area contributed by atoms with Crippen LogP contribution in [0.3, 0.4) is 0 Å². The number of nitrogens with zero attached hydrogens (tertiary/aromatic N) is 2. The highest BCUT2D eigenvalue weighted by molar-refractivity contribution is 5.84. The van der Waals surface area contributed by atoms with Crippen LogP contribution in [0.2, 0.25) is 0 Å². The lowest BCUT2D eigenvalue weighted by Crippen LogP contribution is -2.67. The largest absolute Gasteiger partial charge is 0.481 e. The van der Waals surface area contributed by atoms with Crippen LogP contribution in [0.1, 0.15) is 164 Å². The lowest BCUT2D eigenvalue weighted by molar-refractivity contribution is -0.250. The zero-order chi connectivity index (χ0) is 42.3. The molecule has 11 atom stereocenters. The van der Waals surface area contributed by atoms with Crippen molar-refractivity contribution in [2.75, 3.05) is 6.54 Å². The Bertz CT molecular complexity index is 1950. The van der Waals surface area contributed by atoms with Gasteiger partial charge in [-0.3, -0.25) is 14.4 Å². The SMILES string of the molecule is C=C(C)CC1CCC2(C(=O)N3CCCC3c3ncc(-c4ccccc4)[nH]3)CCC3(C)C(CCC4C5(C)CCC(OC(=O)CCC(C)(C)C(=O)O)C(C)(C)C5CCC43C)C12. The fraction of sp³-hybridized carbons (Fsp3) is 0.725. The number of fused-ring (bicyclic) bond motifs is 7. The zero-order valence-corrected chi connectivity index (χ0v) is 37.5. The maximum atomic E-state index is 15.6. The minimum absolute atomic E-state index is 0.0127. The number of allylic oxidation sites excluding steroid dienone is 1. The van der Waals surface area contributed by atoms with Crippen molar-refractivity contribution < 1.29 is 24.2 Å². The van der Waals surface area contributed by atoms with Gasteiger partial charge in [-0.1, -0.05) is 70.5 Å². The Morgan fingerprint density at radius 1 is 0.915 bits per heavy atom. The van der Waals surface area contributed by atoms with Crippen LogP contribution in [-0.4, -0.2) is 50.5 Å². The van der Waals surface area contributed by atoms with Gasteiger partial charge in [0.15, 0.2) is 0 Å². The van der Waals surface area contributed by atoms with E-state index < -0.39 is 11.4 Å². The Kier molecular flexibility index (Phi) is 10.7. The number of nitrogens with one attached hydrogen (secondary N) is 1. The normalized spacial score (nSPS) is 38.7. The summed E-state index contributed by atoms with van der Waals surface area (Å²) in [7, 11) is 0. The number of esters is 1. The van der Waals surface area contributed by atoms with E-state index >= 15 is 4.79 Å². The second-order valence-corrected chi connectivity index (χ2v) is 22.5. The number of aliphatic carboxylic acids is 1. The molecule has 1 aliphatic heterocycles. The summed E-state index contributed by atoms with van der Waals surface area (Å²) < 4.78 is 6.29. The van der Waals surface area contributed by atoms with Crippen molar-refractivity contribution >= 4 is 17.8 Å². The highest BCUT2D eigenvalue weighted by Gasteiger charge is 2.72.